The summed E-state index contributed by atoms with van der Waals surface area (Å²) in [6.07, 6.45) is 1.48. The highest BCUT2D eigenvalue weighted by molar-refractivity contribution is 8.00. The van der Waals surface area contributed by atoms with E-state index < -0.39 is 22.9 Å². The number of thioether (sulfide) groups is 1. The van der Waals surface area contributed by atoms with Gasteiger partial charge >= 0.3 is 0 Å². The SMILES string of the molecule is O=C(Nc1cccc(SC(C(=O)Nc2ccccc2)c2ccccc2)c1)/C(=C/c1ccc(F)cc1)NC(=O)c1ccccc1. The Hall–Kier alpha value is -5.47. The van der Waals surface area contributed by atoms with Crippen LogP contribution in [0.3, 0.4) is 0 Å². The van der Waals surface area contributed by atoms with E-state index in [0.29, 0.717) is 22.5 Å². The molecule has 5 rings (SSSR count). The van der Waals surface area contributed by atoms with Crippen LogP contribution < -0.4 is 16.0 Å². The average Bonchev–Trinajstić information content (AvgIpc) is 3.05. The summed E-state index contributed by atoms with van der Waals surface area (Å²) in [5, 5.41) is 7.94. The lowest BCUT2D eigenvalue weighted by atomic mass is 10.1. The van der Waals surface area contributed by atoms with Crippen molar-refractivity contribution in [3.8, 4) is 0 Å². The molecule has 0 aliphatic carbocycles. The van der Waals surface area contributed by atoms with Crippen LogP contribution in [-0.2, 0) is 9.59 Å². The lowest BCUT2D eigenvalue weighted by Gasteiger charge is -2.18. The second-order valence-electron chi connectivity index (χ2n) is 9.68. The molecule has 218 valence electrons. The number of benzene rings is 5. The third kappa shape index (κ3) is 8.30. The van der Waals surface area contributed by atoms with Gasteiger partial charge in [0.25, 0.3) is 11.8 Å². The van der Waals surface area contributed by atoms with Crippen LogP contribution in [0.25, 0.3) is 6.08 Å². The van der Waals surface area contributed by atoms with E-state index >= 15 is 0 Å². The van der Waals surface area contributed by atoms with Gasteiger partial charge in [0.2, 0.25) is 5.91 Å². The highest BCUT2D eigenvalue weighted by atomic mass is 32.2. The maximum atomic E-state index is 13.5. The quantitative estimate of drug-likeness (QED) is 0.113. The van der Waals surface area contributed by atoms with Gasteiger partial charge in [0.15, 0.2) is 0 Å². The van der Waals surface area contributed by atoms with Crippen molar-refractivity contribution in [2.24, 2.45) is 0 Å². The molecule has 0 saturated carbocycles. The fourth-order valence-electron chi connectivity index (χ4n) is 4.28. The van der Waals surface area contributed by atoms with Crippen molar-refractivity contribution >= 4 is 46.9 Å². The van der Waals surface area contributed by atoms with Gasteiger partial charge in [-0.15, -0.1) is 11.8 Å². The van der Waals surface area contributed by atoms with Crippen LogP contribution in [0.4, 0.5) is 15.8 Å². The van der Waals surface area contributed by atoms with E-state index in [4.69, 9.17) is 0 Å². The third-order valence-electron chi connectivity index (χ3n) is 6.44. The first-order chi connectivity index (χ1) is 21.4. The van der Waals surface area contributed by atoms with Crippen molar-refractivity contribution in [3.05, 3.63) is 168 Å². The second-order valence-corrected chi connectivity index (χ2v) is 10.9. The first kappa shape index (κ1) is 30.0. The number of carbonyl (C=O) groups excluding carboxylic acids is 3. The number of hydrogen-bond acceptors (Lipinski definition) is 4. The van der Waals surface area contributed by atoms with Crippen LogP contribution in [0, 0.1) is 5.82 Å². The lowest BCUT2D eigenvalue weighted by molar-refractivity contribution is -0.116. The lowest BCUT2D eigenvalue weighted by Crippen LogP contribution is -2.30. The summed E-state index contributed by atoms with van der Waals surface area (Å²) in [7, 11) is 0. The molecule has 1 atom stereocenters. The molecule has 0 aliphatic heterocycles. The van der Waals surface area contributed by atoms with Crippen LogP contribution in [-0.4, -0.2) is 17.7 Å². The van der Waals surface area contributed by atoms with Gasteiger partial charge in [-0.1, -0.05) is 84.9 Å². The van der Waals surface area contributed by atoms with Crippen LogP contribution in [0.2, 0.25) is 0 Å². The fraction of sp³-hybridized carbons (Fsp3) is 0.0278. The second kappa shape index (κ2) is 14.6. The first-order valence-corrected chi connectivity index (χ1v) is 14.7. The smallest absolute Gasteiger partial charge is 0.272 e. The van der Waals surface area contributed by atoms with Gasteiger partial charge in [0, 0.05) is 21.8 Å². The monoisotopic (exact) mass is 601 g/mol. The summed E-state index contributed by atoms with van der Waals surface area (Å²) in [6, 6.07) is 39.9. The molecule has 0 heterocycles. The zero-order valence-corrected chi connectivity index (χ0v) is 24.3. The van der Waals surface area contributed by atoms with Crippen molar-refractivity contribution in [1.82, 2.24) is 5.32 Å². The van der Waals surface area contributed by atoms with E-state index in [1.165, 1.54) is 42.1 Å². The number of halogens is 1. The Morgan fingerprint density at radius 3 is 1.95 bits per heavy atom. The minimum atomic E-state index is -0.568. The highest BCUT2D eigenvalue weighted by Crippen LogP contribution is 2.37. The molecule has 1 unspecified atom stereocenters. The molecule has 6 nitrogen and oxygen atoms in total. The number of anilines is 2. The molecule has 44 heavy (non-hydrogen) atoms. The van der Waals surface area contributed by atoms with E-state index in [1.54, 1.807) is 48.5 Å². The van der Waals surface area contributed by atoms with E-state index in [9.17, 15) is 18.8 Å². The van der Waals surface area contributed by atoms with E-state index in [-0.39, 0.29) is 11.6 Å². The Morgan fingerprint density at radius 1 is 0.659 bits per heavy atom. The fourth-order valence-corrected chi connectivity index (χ4v) is 5.36. The number of nitrogens with one attached hydrogen (secondary N) is 3. The number of rotatable bonds is 10. The van der Waals surface area contributed by atoms with Gasteiger partial charge in [-0.2, -0.15) is 0 Å². The zero-order chi connectivity index (χ0) is 30.7. The largest absolute Gasteiger partial charge is 0.325 e. The molecule has 3 amide bonds. The van der Waals surface area contributed by atoms with Crippen molar-refractivity contribution in [1.29, 1.82) is 0 Å². The normalized spacial score (nSPS) is 11.7. The third-order valence-corrected chi connectivity index (χ3v) is 7.69. The Balaban J connectivity index is 1.37. The maximum absolute atomic E-state index is 13.5. The first-order valence-electron chi connectivity index (χ1n) is 13.8. The molecule has 0 aromatic heterocycles. The number of hydrogen-bond donors (Lipinski definition) is 3. The number of para-hydroxylation sites is 1. The van der Waals surface area contributed by atoms with E-state index in [1.807, 2.05) is 66.7 Å². The zero-order valence-electron chi connectivity index (χ0n) is 23.4. The van der Waals surface area contributed by atoms with Crippen molar-refractivity contribution in [2.45, 2.75) is 10.1 Å². The van der Waals surface area contributed by atoms with Gasteiger partial charge in [0.05, 0.1) is 0 Å². The Bertz CT molecular complexity index is 1760. The van der Waals surface area contributed by atoms with Gasteiger partial charge in [0.1, 0.15) is 16.8 Å². The molecule has 5 aromatic carbocycles. The summed E-state index contributed by atoms with van der Waals surface area (Å²) in [6.45, 7) is 0. The average molecular weight is 602 g/mol. The number of amides is 3. The molecule has 0 aliphatic rings. The van der Waals surface area contributed by atoms with Gasteiger partial charge in [-0.3, -0.25) is 14.4 Å². The standard InChI is InChI=1S/C36H28FN3O3S/c37-28-21-19-25(20-22-28)23-32(40-34(41)27-13-6-2-7-14-27)35(42)39-30-17-10-18-31(24-30)44-33(26-11-4-1-5-12-26)36(43)38-29-15-8-3-9-16-29/h1-24,33H,(H,38,43)(H,39,42)(H,40,41)/b32-23-. The molecular weight excluding hydrogens is 573 g/mol. The molecule has 8 heteroatoms. The summed E-state index contributed by atoms with van der Waals surface area (Å²) in [5.41, 5.74) is 2.88. The van der Waals surface area contributed by atoms with Crippen molar-refractivity contribution < 1.29 is 18.8 Å². The molecule has 5 aromatic rings. The molecule has 0 bridgehead atoms. The highest BCUT2D eigenvalue weighted by Gasteiger charge is 2.23. The maximum Gasteiger partial charge on any atom is 0.272 e. The molecular formula is C36H28FN3O3S. The van der Waals surface area contributed by atoms with Gasteiger partial charge in [-0.25, -0.2) is 4.39 Å². The molecule has 0 saturated heterocycles. The van der Waals surface area contributed by atoms with Gasteiger partial charge < -0.3 is 16.0 Å². The van der Waals surface area contributed by atoms with E-state index in [2.05, 4.69) is 16.0 Å². The van der Waals surface area contributed by atoms with E-state index in [0.717, 1.165) is 10.5 Å². The minimum Gasteiger partial charge on any atom is -0.325 e. The predicted molar refractivity (Wildman–Crippen MR) is 173 cm³/mol. The topological polar surface area (TPSA) is 87.3 Å². The summed E-state index contributed by atoms with van der Waals surface area (Å²) in [5.74, 6) is -1.63. The van der Waals surface area contributed by atoms with Crippen LogP contribution in [0.15, 0.2) is 150 Å². The predicted octanol–water partition coefficient (Wildman–Crippen LogP) is 7.71. The summed E-state index contributed by atoms with van der Waals surface area (Å²) in [4.78, 5) is 40.6. The minimum absolute atomic E-state index is 0.0204. The van der Waals surface area contributed by atoms with Crippen LogP contribution in [0.5, 0.6) is 0 Å². The molecule has 0 spiro atoms. The summed E-state index contributed by atoms with van der Waals surface area (Å²) < 4.78 is 13.5. The van der Waals surface area contributed by atoms with Crippen molar-refractivity contribution in [2.75, 3.05) is 10.6 Å². The van der Waals surface area contributed by atoms with Crippen molar-refractivity contribution in [3.63, 3.8) is 0 Å². The molecule has 0 radical (unpaired) electrons. The van der Waals surface area contributed by atoms with Gasteiger partial charge in [-0.05, 0) is 71.8 Å². The Kier molecular flexibility index (Phi) is 9.97. The molecule has 0 fully saturated rings. The van der Waals surface area contributed by atoms with Crippen LogP contribution in [0.1, 0.15) is 26.7 Å². The Morgan fingerprint density at radius 2 is 1.27 bits per heavy atom. The molecule has 3 N–H and O–H groups in total. The number of carbonyl (C=O) groups is 3. The summed E-state index contributed by atoms with van der Waals surface area (Å²) >= 11 is 1.35. The Labute approximate surface area is 259 Å². The van der Waals surface area contributed by atoms with Crippen LogP contribution >= 0.6 is 11.8 Å².